The number of aryl methyl sites for hydroxylation is 1. The second-order valence-electron chi connectivity index (χ2n) is 5.01. The molecule has 2 atom stereocenters. The van der Waals surface area contributed by atoms with E-state index in [4.69, 9.17) is 27.9 Å². The van der Waals surface area contributed by atoms with Crippen molar-refractivity contribution in [1.29, 1.82) is 0 Å². The van der Waals surface area contributed by atoms with Crippen molar-refractivity contribution in [3.05, 3.63) is 28.5 Å². The average molecular weight is 299 g/mol. The predicted molar refractivity (Wildman–Crippen MR) is 78.2 cm³/mol. The Labute approximate surface area is 122 Å². The van der Waals surface area contributed by atoms with Gasteiger partial charge in [-0.25, -0.2) is 4.98 Å². The van der Waals surface area contributed by atoms with Crippen LogP contribution in [-0.4, -0.2) is 22.8 Å². The molecule has 1 saturated heterocycles. The summed E-state index contributed by atoms with van der Waals surface area (Å²) in [5.74, 6) is 0.900. The standard InChI is InChI=1S/C14H16Cl2N2O/c1-8-11(16)3-4-12-13(8)18(10-5-6-19-7-10)14(17-12)9(2)15/h3-4,9-10H,5-7H2,1-2H3. The van der Waals surface area contributed by atoms with E-state index in [-0.39, 0.29) is 5.38 Å². The molecule has 0 N–H and O–H groups in total. The first kappa shape index (κ1) is 13.2. The van der Waals surface area contributed by atoms with Crippen LogP contribution in [0.25, 0.3) is 11.0 Å². The molecular formula is C14H16Cl2N2O. The number of benzene rings is 1. The minimum Gasteiger partial charge on any atom is -0.379 e. The minimum absolute atomic E-state index is 0.133. The number of imidazole rings is 1. The third-order valence-corrected chi connectivity index (χ3v) is 4.30. The molecule has 1 aliphatic rings. The SMILES string of the molecule is Cc1c(Cl)ccc2nc(C(C)Cl)n(C3CCOC3)c12. The van der Waals surface area contributed by atoms with E-state index in [0.717, 1.165) is 40.5 Å². The number of hydrogen-bond acceptors (Lipinski definition) is 2. The van der Waals surface area contributed by atoms with E-state index in [1.165, 1.54) is 0 Å². The van der Waals surface area contributed by atoms with E-state index in [9.17, 15) is 0 Å². The maximum atomic E-state index is 6.29. The second-order valence-corrected chi connectivity index (χ2v) is 6.08. The number of aromatic nitrogens is 2. The summed E-state index contributed by atoms with van der Waals surface area (Å²) in [6, 6.07) is 4.16. The van der Waals surface area contributed by atoms with Crippen molar-refractivity contribution in [2.75, 3.05) is 13.2 Å². The molecular weight excluding hydrogens is 283 g/mol. The van der Waals surface area contributed by atoms with E-state index < -0.39 is 0 Å². The lowest BCUT2D eigenvalue weighted by molar-refractivity contribution is 0.186. The van der Waals surface area contributed by atoms with E-state index in [0.29, 0.717) is 12.6 Å². The number of alkyl halides is 1. The lowest BCUT2D eigenvalue weighted by Gasteiger charge is -2.17. The van der Waals surface area contributed by atoms with Gasteiger partial charge in [-0.05, 0) is 38.0 Å². The van der Waals surface area contributed by atoms with Gasteiger partial charge in [0, 0.05) is 11.6 Å². The van der Waals surface area contributed by atoms with Crippen molar-refractivity contribution in [3.63, 3.8) is 0 Å². The highest BCUT2D eigenvalue weighted by Crippen LogP contribution is 2.34. The van der Waals surface area contributed by atoms with Crippen LogP contribution >= 0.6 is 23.2 Å². The van der Waals surface area contributed by atoms with Crippen LogP contribution in [0.5, 0.6) is 0 Å². The van der Waals surface area contributed by atoms with Crippen molar-refractivity contribution in [2.45, 2.75) is 31.7 Å². The molecule has 1 aliphatic heterocycles. The lowest BCUT2D eigenvalue weighted by atomic mass is 10.1. The molecule has 0 amide bonds. The summed E-state index contributed by atoms with van der Waals surface area (Å²) in [7, 11) is 0. The maximum absolute atomic E-state index is 6.29. The Hall–Kier alpha value is -0.770. The van der Waals surface area contributed by atoms with Crippen molar-refractivity contribution in [1.82, 2.24) is 9.55 Å². The lowest BCUT2D eigenvalue weighted by Crippen LogP contribution is -2.13. The fourth-order valence-corrected chi connectivity index (χ4v) is 3.03. The molecule has 1 aromatic carbocycles. The van der Waals surface area contributed by atoms with E-state index in [2.05, 4.69) is 9.55 Å². The molecule has 19 heavy (non-hydrogen) atoms. The fraction of sp³-hybridized carbons (Fsp3) is 0.500. The monoisotopic (exact) mass is 298 g/mol. The second kappa shape index (κ2) is 4.97. The van der Waals surface area contributed by atoms with Gasteiger partial charge in [0.2, 0.25) is 0 Å². The van der Waals surface area contributed by atoms with Gasteiger partial charge in [0.1, 0.15) is 5.82 Å². The maximum Gasteiger partial charge on any atom is 0.128 e. The van der Waals surface area contributed by atoms with Gasteiger partial charge in [-0.2, -0.15) is 0 Å². The van der Waals surface area contributed by atoms with Crippen LogP contribution in [0.1, 0.15) is 36.2 Å². The van der Waals surface area contributed by atoms with Gasteiger partial charge in [-0.1, -0.05) is 11.6 Å². The number of halogens is 2. The molecule has 3 nitrogen and oxygen atoms in total. The first-order valence-electron chi connectivity index (χ1n) is 6.48. The smallest absolute Gasteiger partial charge is 0.128 e. The number of ether oxygens (including phenoxy) is 1. The van der Waals surface area contributed by atoms with Crippen LogP contribution < -0.4 is 0 Å². The summed E-state index contributed by atoms with van der Waals surface area (Å²) in [6.07, 6.45) is 0.994. The molecule has 0 radical (unpaired) electrons. The molecule has 3 rings (SSSR count). The normalized spacial score (nSPS) is 21.2. The first-order valence-corrected chi connectivity index (χ1v) is 7.29. The largest absolute Gasteiger partial charge is 0.379 e. The van der Waals surface area contributed by atoms with Gasteiger partial charge in [0.15, 0.2) is 0 Å². The third kappa shape index (κ3) is 2.14. The summed E-state index contributed by atoms with van der Waals surface area (Å²) < 4.78 is 7.73. The van der Waals surface area contributed by atoms with Gasteiger partial charge in [0.25, 0.3) is 0 Å². The molecule has 5 heteroatoms. The quantitative estimate of drug-likeness (QED) is 0.775. The molecule has 1 aromatic heterocycles. The Morgan fingerprint density at radius 3 is 2.89 bits per heavy atom. The predicted octanol–water partition coefficient (Wildman–Crippen LogP) is 4.26. The topological polar surface area (TPSA) is 27.1 Å². The van der Waals surface area contributed by atoms with Crippen LogP contribution in [0, 0.1) is 6.92 Å². The van der Waals surface area contributed by atoms with Crippen molar-refractivity contribution < 1.29 is 4.74 Å². The Kier molecular flexibility index (Phi) is 3.46. The van der Waals surface area contributed by atoms with Crippen LogP contribution in [0.3, 0.4) is 0 Å². The van der Waals surface area contributed by atoms with Crippen LogP contribution in [0.4, 0.5) is 0 Å². The van der Waals surface area contributed by atoms with Crippen molar-refractivity contribution in [3.8, 4) is 0 Å². The summed E-state index contributed by atoms with van der Waals surface area (Å²) in [6.45, 7) is 5.49. The first-order chi connectivity index (χ1) is 9.09. The summed E-state index contributed by atoms with van der Waals surface area (Å²) in [4.78, 5) is 4.68. The minimum atomic E-state index is -0.133. The number of fused-ring (bicyclic) bond motifs is 1. The zero-order valence-electron chi connectivity index (χ0n) is 11.0. The van der Waals surface area contributed by atoms with Crippen LogP contribution in [-0.2, 0) is 4.74 Å². The molecule has 2 heterocycles. The summed E-state index contributed by atoms with van der Waals surface area (Å²) in [5, 5.41) is 0.632. The zero-order chi connectivity index (χ0) is 13.6. The Morgan fingerprint density at radius 1 is 1.47 bits per heavy atom. The van der Waals surface area contributed by atoms with Crippen LogP contribution in [0.2, 0.25) is 5.02 Å². The highest BCUT2D eigenvalue weighted by Gasteiger charge is 2.26. The third-order valence-electron chi connectivity index (χ3n) is 3.69. The van der Waals surface area contributed by atoms with Crippen LogP contribution in [0.15, 0.2) is 12.1 Å². The highest BCUT2D eigenvalue weighted by atomic mass is 35.5. The van der Waals surface area contributed by atoms with E-state index >= 15 is 0 Å². The Bertz CT molecular complexity index is 615. The van der Waals surface area contributed by atoms with Gasteiger partial charge in [0.05, 0.1) is 29.1 Å². The molecule has 2 aromatic rings. The summed E-state index contributed by atoms with van der Waals surface area (Å²) in [5.41, 5.74) is 3.10. The molecule has 0 aliphatic carbocycles. The fourth-order valence-electron chi connectivity index (χ4n) is 2.72. The van der Waals surface area contributed by atoms with Gasteiger partial charge >= 0.3 is 0 Å². The van der Waals surface area contributed by atoms with Crippen molar-refractivity contribution >= 4 is 34.2 Å². The van der Waals surface area contributed by atoms with Gasteiger partial charge in [-0.15, -0.1) is 11.6 Å². The summed E-state index contributed by atoms with van der Waals surface area (Å²) >= 11 is 12.5. The molecule has 0 saturated carbocycles. The Morgan fingerprint density at radius 2 is 2.26 bits per heavy atom. The van der Waals surface area contributed by atoms with E-state index in [1.54, 1.807) is 0 Å². The van der Waals surface area contributed by atoms with Gasteiger partial charge < -0.3 is 9.30 Å². The number of hydrogen-bond donors (Lipinski definition) is 0. The molecule has 1 fully saturated rings. The van der Waals surface area contributed by atoms with Gasteiger partial charge in [-0.3, -0.25) is 0 Å². The van der Waals surface area contributed by atoms with E-state index in [1.807, 2.05) is 26.0 Å². The Balaban J connectivity index is 2.30. The molecule has 0 bridgehead atoms. The molecule has 0 spiro atoms. The number of rotatable bonds is 2. The molecule has 2 unspecified atom stereocenters. The average Bonchev–Trinajstić information content (AvgIpc) is 3.00. The zero-order valence-corrected chi connectivity index (χ0v) is 12.5. The molecule has 102 valence electrons. The highest BCUT2D eigenvalue weighted by molar-refractivity contribution is 6.32. The number of nitrogens with zero attached hydrogens (tertiary/aromatic N) is 2. The van der Waals surface area contributed by atoms with Crippen molar-refractivity contribution in [2.24, 2.45) is 0 Å².